The summed E-state index contributed by atoms with van der Waals surface area (Å²) in [6, 6.07) is 0. The van der Waals surface area contributed by atoms with E-state index in [0.717, 1.165) is 23.5 Å². The van der Waals surface area contributed by atoms with Crippen LogP contribution >= 0.6 is 0 Å². The van der Waals surface area contributed by atoms with Crippen molar-refractivity contribution in [2.24, 2.45) is 5.92 Å². The molecule has 0 spiro atoms. The summed E-state index contributed by atoms with van der Waals surface area (Å²) in [5.41, 5.74) is 3.21. The molecule has 0 atom stereocenters. The lowest BCUT2D eigenvalue weighted by atomic mass is 10.1. The van der Waals surface area contributed by atoms with E-state index in [1.54, 1.807) is 0 Å². The summed E-state index contributed by atoms with van der Waals surface area (Å²) in [4.78, 5) is 8.72. The molecule has 0 radical (unpaired) electrons. The first-order chi connectivity index (χ1) is 5.59. The predicted molar refractivity (Wildman–Crippen MR) is 50.0 cm³/mol. The second kappa shape index (κ2) is 3.65. The largest absolute Gasteiger partial charge is 0.258 e. The average Bonchev–Trinajstić information content (AvgIpc) is 1.94. The highest BCUT2D eigenvalue weighted by Crippen LogP contribution is 2.08. The second-order valence-corrected chi connectivity index (χ2v) is 3.64. The van der Waals surface area contributed by atoms with Gasteiger partial charge in [-0.25, -0.2) is 0 Å². The van der Waals surface area contributed by atoms with Crippen molar-refractivity contribution in [3.05, 3.63) is 23.3 Å². The van der Waals surface area contributed by atoms with Crippen LogP contribution in [0.5, 0.6) is 0 Å². The van der Waals surface area contributed by atoms with Gasteiger partial charge in [-0.1, -0.05) is 13.8 Å². The average molecular weight is 164 g/mol. The van der Waals surface area contributed by atoms with Crippen molar-refractivity contribution < 1.29 is 0 Å². The molecule has 0 unspecified atom stereocenters. The van der Waals surface area contributed by atoms with E-state index in [4.69, 9.17) is 0 Å². The van der Waals surface area contributed by atoms with Gasteiger partial charge in [-0.2, -0.15) is 0 Å². The molecule has 1 aromatic rings. The fourth-order valence-corrected chi connectivity index (χ4v) is 1.21. The molecule has 1 heterocycles. The van der Waals surface area contributed by atoms with Gasteiger partial charge in [0.2, 0.25) is 0 Å². The van der Waals surface area contributed by atoms with Crippen LogP contribution in [0, 0.1) is 19.8 Å². The number of hydrogen-bond donors (Lipinski definition) is 0. The maximum Gasteiger partial charge on any atom is 0.0618 e. The molecule has 12 heavy (non-hydrogen) atoms. The number of rotatable bonds is 2. The highest BCUT2D eigenvalue weighted by atomic mass is 14.8. The minimum atomic E-state index is 0.653. The van der Waals surface area contributed by atoms with Gasteiger partial charge in [0.1, 0.15) is 0 Å². The van der Waals surface area contributed by atoms with Gasteiger partial charge in [-0.15, -0.1) is 0 Å². The standard InChI is InChI=1S/C10H16N2/c1-7(2)5-10-9(4)12-8(3)6-11-10/h6-7H,5H2,1-4H3. The fraction of sp³-hybridized carbons (Fsp3) is 0.600. The summed E-state index contributed by atoms with van der Waals surface area (Å²) >= 11 is 0. The van der Waals surface area contributed by atoms with Crippen molar-refractivity contribution in [3.8, 4) is 0 Å². The van der Waals surface area contributed by atoms with Crippen molar-refractivity contribution in [3.63, 3.8) is 0 Å². The Morgan fingerprint density at radius 3 is 2.50 bits per heavy atom. The van der Waals surface area contributed by atoms with Gasteiger partial charge in [0.05, 0.1) is 17.1 Å². The van der Waals surface area contributed by atoms with E-state index in [1.165, 1.54) is 0 Å². The summed E-state index contributed by atoms with van der Waals surface area (Å²) in [7, 11) is 0. The van der Waals surface area contributed by atoms with Crippen LogP contribution in [-0.2, 0) is 6.42 Å². The Bertz CT molecular complexity index is 267. The molecule has 0 aromatic carbocycles. The number of aromatic nitrogens is 2. The van der Waals surface area contributed by atoms with Crippen molar-refractivity contribution in [1.82, 2.24) is 9.97 Å². The SMILES string of the molecule is Cc1cnc(CC(C)C)c(C)n1. The van der Waals surface area contributed by atoms with Gasteiger partial charge >= 0.3 is 0 Å². The normalized spacial score (nSPS) is 10.8. The first-order valence-corrected chi connectivity index (χ1v) is 4.38. The molecule has 0 amide bonds. The molecule has 0 N–H and O–H groups in total. The second-order valence-electron chi connectivity index (χ2n) is 3.64. The Morgan fingerprint density at radius 2 is 2.00 bits per heavy atom. The molecule has 0 saturated carbocycles. The van der Waals surface area contributed by atoms with Crippen LogP contribution in [0.4, 0.5) is 0 Å². The third-order valence-electron chi connectivity index (χ3n) is 1.77. The predicted octanol–water partition coefficient (Wildman–Crippen LogP) is 2.29. The maximum atomic E-state index is 4.36. The summed E-state index contributed by atoms with van der Waals surface area (Å²) in [5.74, 6) is 0.653. The Balaban J connectivity index is 2.86. The van der Waals surface area contributed by atoms with Gasteiger partial charge < -0.3 is 0 Å². The zero-order valence-electron chi connectivity index (χ0n) is 8.26. The molecule has 1 aromatic heterocycles. The topological polar surface area (TPSA) is 25.8 Å². The van der Waals surface area contributed by atoms with Gasteiger partial charge in [0, 0.05) is 6.20 Å². The smallest absolute Gasteiger partial charge is 0.0618 e. The highest BCUT2D eigenvalue weighted by Gasteiger charge is 2.03. The lowest BCUT2D eigenvalue weighted by Gasteiger charge is -2.06. The van der Waals surface area contributed by atoms with E-state index in [1.807, 2.05) is 20.0 Å². The number of nitrogens with zero attached hydrogens (tertiary/aromatic N) is 2. The maximum absolute atomic E-state index is 4.36. The van der Waals surface area contributed by atoms with Crippen molar-refractivity contribution in [2.75, 3.05) is 0 Å². The van der Waals surface area contributed by atoms with Crippen LogP contribution in [0.25, 0.3) is 0 Å². The number of aryl methyl sites for hydroxylation is 2. The van der Waals surface area contributed by atoms with E-state index >= 15 is 0 Å². The molecular formula is C10H16N2. The Morgan fingerprint density at radius 1 is 1.33 bits per heavy atom. The molecule has 0 aliphatic rings. The van der Waals surface area contributed by atoms with Gasteiger partial charge in [-0.05, 0) is 26.2 Å². The minimum Gasteiger partial charge on any atom is -0.258 e. The minimum absolute atomic E-state index is 0.653. The van der Waals surface area contributed by atoms with Crippen LogP contribution in [0.1, 0.15) is 30.9 Å². The highest BCUT2D eigenvalue weighted by molar-refractivity contribution is 5.12. The molecule has 0 aliphatic heterocycles. The summed E-state index contributed by atoms with van der Waals surface area (Å²) in [6.07, 6.45) is 2.86. The molecule has 2 heteroatoms. The van der Waals surface area contributed by atoms with Crippen molar-refractivity contribution in [1.29, 1.82) is 0 Å². The fourth-order valence-electron chi connectivity index (χ4n) is 1.21. The van der Waals surface area contributed by atoms with E-state index in [0.29, 0.717) is 5.92 Å². The first-order valence-electron chi connectivity index (χ1n) is 4.38. The van der Waals surface area contributed by atoms with E-state index in [9.17, 15) is 0 Å². The Labute approximate surface area is 74.1 Å². The van der Waals surface area contributed by atoms with Gasteiger partial charge in [0.25, 0.3) is 0 Å². The van der Waals surface area contributed by atoms with Crippen LogP contribution in [0.2, 0.25) is 0 Å². The molecule has 1 rings (SSSR count). The molecule has 0 saturated heterocycles. The summed E-state index contributed by atoms with van der Waals surface area (Å²) in [5, 5.41) is 0. The zero-order valence-corrected chi connectivity index (χ0v) is 8.26. The Kier molecular flexibility index (Phi) is 2.79. The van der Waals surface area contributed by atoms with Gasteiger partial charge in [0.15, 0.2) is 0 Å². The molecule has 0 bridgehead atoms. The Hall–Kier alpha value is -0.920. The lowest BCUT2D eigenvalue weighted by molar-refractivity contribution is 0.628. The van der Waals surface area contributed by atoms with Crippen molar-refractivity contribution >= 4 is 0 Å². The van der Waals surface area contributed by atoms with E-state index < -0.39 is 0 Å². The van der Waals surface area contributed by atoms with Crippen LogP contribution in [-0.4, -0.2) is 9.97 Å². The first kappa shape index (κ1) is 9.17. The van der Waals surface area contributed by atoms with Crippen LogP contribution in [0.3, 0.4) is 0 Å². The molecule has 66 valence electrons. The molecule has 0 aliphatic carbocycles. The summed E-state index contributed by atoms with van der Waals surface area (Å²) < 4.78 is 0. The van der Waals surface area contributed by atoms with E-state index in [-0.39, 0.29) is 0 Å². The van der Waals surface area contributed by atoms with E-state index in [2.05, 4.69) is 23.8 Å². The van der Waals surface area contributed by atoms with Crippen LogP contribution < -0.4 is 0 Å². The monoisotopic (exact) mass is 164 g/mol. The van der Waals surface area contributed by atoms with Crippen LogP contribution in [0.15, 0.2) is 6.20 Å². The van der Waals surface area contributed by atoms with Crippen molar-refractivity contribution in [2.45, 2.75) is 34.1 Å². The molecular weight excluding hydrogens is 148 g/mol. The quantitative estimate of drug-likeness (QED) is 0.670. The summed E-state index contributed by atoms with van der Waals surface area (Å²) in [6.45, 7) is 8.39. The number of hydrogen-bond acceptors (Lipinski definition) is 2. The molecule has 0 fully saturated rings. The zero-order chi connectivity index (χ0) is 9.14. The third kappa shape index (κ3) is 2.29. The van der Waals surface area contributed by atoms with Gasteiger partial charge in [-0.3, -0.25) is 9.97 Å². The molecule has 2 nitrogen and oxygen atoms in total. The lowest BCUT2D eigenvalue weighted by Crippen LogP contribution is -2.02. The third-order valence-corrected chi connectivity index (χ3v) is 1.77.